The van der Waals surface area contributed by atoms with Crippen molar-refractivity contribution >= 4 is 44.1 Å². The maximum atomic E-state index is 6.10. The summed E-state index contributed by atoms with van der Waals surface area (Å²) in [6, 6.07) is 15.1. The van der Waals surface area contributed by atoms with Crippen molar-refractivity contribution in [2.24, 2.45) is 0 Å². The third-order valence-corrected chi connectivity index (χ3v) is 5.64. The van der Waals surface area contributed by atoms with Gasteiger partial charge in [-0.2, -0.15) is 4.98 Å². The van der Waals surface area contributed by atoms with Crippen LogP contribution >= 0.6 is 0 Å². The molecule has 0 radical (unpaired) electrons. The van der Waals surface area contributed by atoms with E-state index in [1.165, 1.54) is 11.1 Å². The molecule has 0 saturated carbocycles. The number of pyridine rings is 1. The van der Waals surface area contributed by atoms with E-state index in [0.717, 1.165) is 32.7 Å². The second kappa shape index (κ2) is 5.38. The van der Waals surface area contributed by atoms with Crippen molar-refractivity contribution in [3.8, 4) is 0 Å². The minimum absolute atomic E-state index is 0.0785. The van der Waals surface area contributed by atoms with Gasteiger partial charge >= 0.3 is 0 Å². The second-order valence-corrected chi connectivity index (χ2v) is 9.82. The first-order chi connectivity index (χ1) is 13.1. The number of aromatic nitrogens is 1. The van der Waals surface area contributed by atoms with Gasteiger partial charge in [-0.15, -0.1) is 0 Å². The molecule has 3 aromatic heterocycles. The number of nitrogens with zero attached hydrogens (tertiary/aromatic N) is 1. The van der Waals surface area contributed by atoms with Crippen molar-refractivity contribution in [2.75, 3.05) is 0 Å². The Morgan fingerprint density at radius 3 is 1.39 bits per heavy atom. The van der Waals surface area contributed by atoms with Gasteiger partial charge in [0.1, 0.15) is 11.2 Å². The van der Waals surface area contributed by atoms with Crippen molar-refractivity contribution in [1.82, 2.24) is 4.98 Å². The quantitative estimate of drug-likeness (QED) is 0.283. The third kappa shape index (κ3) is 2.53. The van der Waals surface area contributed by atoms with Gasteiger partial charge in [-0.1, -0.05) is 65.8 Å². The van der Waals surface area contributed by atoms with Crippen molar-refractivity contribution in [3.63, 3.8) is 0 Å². The zero-order chi connectivity index (χ0) is 19.8. The summed E-state index contributed by atoms with van der Waals surface area (Å²) in [5.74, 6) is 0. The molecule has 0 aliphatic heterocycles. The van der Waals surface area contributed by atoms with Crippen LogP contribution in [0.3, 0.4) is 0 Å². The van der Waals surface area contributed by atoms with Crippen LogP contribution in [-0.2, 0) is 10.8 Å². The minimum Gasteiger partial charge on any atom is -0.438 e. The van der Waals surface area contributed by atoms with E-state index in [0.29, 0.717) is 11.4 Å². The molecule has 5 rings (SSSR count). The van der Waals surface area contributed by atoms with E-state index in [4.69, 9.17) is 13.8 Å². The zero-order valence-electron chi connectivity index (χ0n) is 17.3. The van der Waals surface area contributed by atoms with Crippen LogP contribution in [0, 0.1) is 0 Å². The van der Waals surface area contributed by atoms with Gasteiger partial charge in [0.15, 0.2) is 0 Å². The average molecular weight is 371 g/mol. The maximum Gasteiger partial charge on any atom is 0.230 e. The van der Waals surface area contributed by atoms with Crippen molar-refractivity contribution in [1.29, 1.82) is 0 Å². The van der Waals surface area contributed by atoms with Gasteiger partial charge in [0.05, 0.1) is 0 Å². The van der Waals surface area contributed by atoms with Crippen molar-refractivity contribution in [2.45, 2.75) is 52.4 Å². The zero-order valence-corrected chi connectivity index (χ0v) is 17.3. The fourth-order valence-electron chi connectivity index (χ4n) is 3.82. The average Bonchev–Trinajstić information content (AvgIpc) is 3.14. The van der Waals surface area contributed by atoms with E-state index in [9.17, 15) is 0 Å². The predicted molar refractivity (Wildman–Crippen MR) is 116 cm³/mol. The lowest BCUT2D eigenvalue weighted by atomic mass is 9.86. The third-order valence-electron chi connectivity index (χ3n) is 5.64. The van der Waals surface area contributed by atoms with E-state index >= 15 is 0 Å². The second-order valence-electron chi connectivity index (χ2n) is 9.82. The molecule has 0 aliphatic carbocycles. The van der Waals surface area contributed by atoms with Crippen LogP contribution in [0.15, 0.2) is 51.3 Å². The summed E-state index contributed by atoms with van der Waals surface area (Å²) in [6.07, 6.45) is 0. The highest BCUT2D eigenvalue weighted by atomic mass is 16.4. The number of fused-ring (bicyclic) bond motifs is 6. The predicted octanol–water partition coefficient (Wildman–Crippen LogP) is 7.48. The molecule has 0 spiro atoms. The lowest BCUT2D eigenvalue weighted by Crippen LogP contribution is -2.10. The summed E-state index contributed by atoms with van der Waals surface area (Å²) >= 11 is 0. The molecule has 2 aromatic carbocycles. The van der Waals surface area contributed by atoms with E-state index in [1.54, 1.807) is 0 Å². The Hall–Kier alpha value is -2.81. The SMILES string of the molecule is CC(C)(C)c1ccc2c(c1)oc1nc3oc4cc(C(C)(C)C)ccc4c3cc12. The Morgan fingerprint density at radius 1 is 0.571 bits per heavy atom. The molecule has 0 fully saturated rings. The topological polar surface area (TPSA) is 39.2 Å². The first-order valence-electron chi connectivity index (χ1n) is 9.82. The molecule has 5 aromatic rings. The summed E-state index contributed by atoms with van der Waals surface area (Å²) in [5, 5.41) is 4.26. The van der Waals surface area contributed by atoms with Crippen molar-refractivity contribution in [3.05, 3.63) is 53.6 Å². The Labute approximate surface area is 164 Å². The highest BCUT2D eigenvalue weighted by Gasteiger charge is 2.20. The van der Waals surface area contributed by atoms with Crippen LogP contribution in [0.1, 0.15) is 52.7 Å². The van der Waals surface area contributed by atoms with Crippen LogP contribution in [0.25, 0.3) is 44.1 Å². The van der Waals surface area contributed by atoms with E-state index in [-0.39, 0.29) is 10.8 Å². The normalized spacial score (nSPS) is 13.4. The number of hydrogen-bond acceptors (Lipinski definition) is 3. The molecule has 0 N–H and O–H groups in total. The monoisotopic (exact) mass is 371 g/mol. The number of furan rings is 2. The standard InChI is InChI=1S/C25H25NO2/c1-24(2,3)14-7-9-16-18-13-19-17-10-8-15(25(4,5)6)12-21(17)28-23(19)26-22(18)27-20(16)11-14/h7-13H,1-6H3. The first-order valence-corrected chi connectivity index (χ1v) is 9.82. The lowest BCUT2D eigenvalue weighted by molar-refractivity contribution is 0.585. The largest absolute Gasteiger partial charge is 0.438 e. The van der Waals surface area contributed by atoms with Crippen LogP contribution in [0.5, 0.6) is 0 Å². The van der Waals surface area contributed by atoms with Crippen molar-refractivity contribution < 1.29 is 8.83 Å². The summed E-state index contributed by atoms with van der Waals surface area (Å²) in [4.78, 5) is 4.70. The van der Waals surface area contributed by atoms with Gasteiger partial charge < -0.3 is 8.83 Å². The van der Waals surface area contributed by atoms with Crippen LogP contribution in [0.4, 0.5) is 0 Å². The molecule has 0 unspecified atom stereocenters. The number of hydrogen-bond donors (Lipinski definition) is 0. The molecule has 28 heavy (non-hydrogen) atoms. The Kier molecular flexibility index (Phi) is 3.32. The highest BCUT2D eigenvalue weighted by molar-refractivity contribution is 6.12. The van der Waals surface area contributed by atoms with Gasteiger partial charge in [0.25, 0.3) is 0 Å². The lowest BCUT2D eigenvalue weighted by Gasteiger charge is -2.18. The van der Waals surface area contributed by atoms with Gasteiger partial charge in [0, 0.05) is 21.5 Å². The molecule has 0 amide bonds. The maximum absolute atomic E-state index is 6.10. The number of rotatable bonds is 0. The van der Waals surface area contributed by atoms with Crippen LogP contribution < -0.4 is 0 Å². The molecule has 3 heteroatoms. The molecule has 3 heterocycles. The van der Waals surface area contributed by atoms with E-state index < -0.39 is 0 Å². The summed E-state index contributed by atoms with van der Waals surface area (Å²) in [6.45, 7) is 13.3. The smallest absolute Gasteiger partial charge is 0.230 e. The van der Waals surface area contributed by atoms with Gasteiger partial charge in [-0.25, -0.2) is 0 Å². The molecule has 0 aliphatic rings. The Balaban J connectivity index is 1.78. The fraction of sp³-hybridized carbons (Fsp3) is 0.320. The summed E-state index contributed by atoms with van der Waals surface area (Å²) < 4.78 is 12.2. The Morgan fingerprint density at radius 2 is 1.00 bits per heavy atom. The molecule has 3 nitrogen and oxygen atoms in total. The highest BCUT2D eigenvalue weighted by Crippen LogP contribution is 2.37. The molecule has 0 bridgehead atoms. The molecule has 0 saturated heterocycles. The molecular weight excluding hydrogens is 346 g/mol. The Bertz CT molecular complexity index is 1270. The summed E-state index contributed by atoms with van der Waals surface area (Å²) in [5.41, 5.74) is 5.67. The van der Waals surface area contributed by atoms with Crippen LogP contribution in [-0.4, -0.2) is 4.98 Å². The minimum atomic E-state index is 0.0785. The van der Waals surface area contributed by atoms with Gasteiger partial charge in [-0.3, -0.25) is 0 Å². The molecule has 0 atom stereocenters. The summed E-state index contributed by atoms with van der Waals surface area (Å²) in [7, 11) is 0. The first kappa shape index (κ1) is 17.3. The number of benzene rings is 2. The fourth-order valence-corrected chi connectivity index (χ4v) is 3.82. The van der Waals surface area contributed by atoms with E-state index in [2.05, 4.69) is 84.0 Å². The van der Waals surface area contributed by atoms with Gasteiger partial charge in [0.2, 0.25) is 11.4 Å². The van der Waals surface area contributed by atoms with Crippen LogP contribution in [0.2, 0.25) is 0 Å². The van der Waals surface area contributed by atoms with E-state index in [1.807, 2.05) is 0 Å². The molecule has 142 valence electrons. The molecular formula is C25H25NO2. The van der Waals surface area contributed by atoms with Gasteiger partial charge in [-0.05, 0) is 40.2 Å².